The van der Waals surface area contributed by atoms with E-state index in [4.69, 9.17) is 24.6 Å². The third-order valence-electron chi connectivity index (χ3n) is 13.5. The molecule has 52 heavy (non-hydrogen) atoms. The van der Waals surface area contributed by atoms with Crippen LogP contribution in [0.25, 0.3) is 0 Å². The highest BCUT2D eigenvalue weighted by Gasteiger charge is 2.70. The topological polar surface area (TPSA) is 102 Å². The van der Waals surface area contributed by atoms with Gasteiger partial charge in [0.1, 0.15) is 0 Å². The van der Waals surface area contributed by atoms with Crippen molar-refractivity contribution in [3.63, 3.8) is 0 Å². The summed E-state index contributed by atoms with van der Waals surface area (Å²) in [5.41, 5.74) is -0.560. The summed E-state index contributed by atoms with van der Waals surface area (Å²) >= 11 is 0. The molecule has 1 aromatic rings. The van der Waals surface area contributed by atoms with Crippen LogP contribution in [0.15, 0.2) is 0 Å². The molecule has 0 radical (unpaired) electrons. The van der Waals surface area contributed by atoms with Gasteiger partial charge in [-0.3, -0.25) is 9.68 Å². The molecule has 4 aliphatic heterocycles. The van der Waals surface area contributed by atoms with Gasteiger partial charge in [-0.25, -0.2) is 0 Å². The summed E-state index contributed by atoms with van der Waals surface area (Å²) in [6.45, 7) is 16.5. The summed E-state index contributed by atoms with van der Waals surface area (Å²) in [6.07, 6.45) is 23.5. The smallest absolute Gasteiger partial charge is 0.232 e. The number of hydrogen-bond donors (Lipinski definition) is 2. The van der Waals surface area contributed by atoms with Gasteiger partial charge in [-0.15, -0.1) is 0 Å². The molecule has 2 unspecified atom stereocenters. The summed E-state index contributed by atoms with van der Waals surface area (Å²) in [7, 11) is 0. The highest BCUT2D eigenvalue weighted by Crippen LogP contribution is 2.63. The molecule has 2 saturated heterocycles. The van der Waals surface area contributed by atoms with E-state index in [0.29, 0.717) is 24.7 Å². The Kier molecular flexibility index (Phi) is 11.7. The molecule has 5 heterocycles. The Morgan fingerprint density at radius 2 is 1.10 bits per heavy atom. The third kappa shape index (κ3) is 7.69. The molecule has 294 valence electrons. The van der Waals surface area contributed by atoms with E-state index in [0.717, 1.165) is 115 Å². The fourth-order valence-electron chi connectivity index (χ4n) is 11.5. The van der Waals surface area contributed by atoms with Crippen molar-refractivity contribution in [2.75, 3.05) is 41.4 Å². The Morgan fingerprint density at radius 3 is 1.50 bits per heavy atom. The summed E-state index contributed by atoms with van der Waals surface area (Å²) < 4.78 is 0. The molecule has 5 fully saturated rings. The molecule has 11 nitrogen and oxygen atoms in total. The molecule has 0 amide bonds. The van der Waals surface area contributed by atoms with Gasteiger partial charge in [0.25, 0.3) is 0 Å². The lowest BCUT2D eigenvalue weighted by Crippen LogP contribution is -2.81. The van der Waals surface area contributed by atoms with E-state index in [1.165, 1.54) is 38.5 Å². The number of aromatic nitrogens is 3. The highest BCUT2D eigenvalue weighted by atomic mass is 16.7. The average Bonchev–Trinajstić information content (AvgIpc) is 3.10. The first-order valence-corrected chi connectivity index (χ1v) is 21.6. The van der Waals surface area contributed by atoms with Crippen LogP contribution < -0.4 is 15.1 Å². The lowest BCUT2D eigenvalue weighted by Gasteiger charge is -2.72. The number of aliphatic hydroxyl groups excluding tert-OH is 1. The van der Waals surface area contributed by atoms with Gasteiger partial charge in [0.15, 0.2) is 0 Å². The van der Waals surface area contributed by atoms with Gasteiger partial charge in [0.2, 0.25) is 17.8 Å². The number of hydroxylamine groups is 4. The second kappa shape index (κ2) is 15.8. The third-order valence-corrected chi connectivity index (χ3v) is 13.5. The van der Waals surface area contributed by atoms with Crippen LogP contribution in [0.5, 0.6) is 0 Å². The van der Waals surface area contributed by atoms with Crippen molar-refractivity contribution in [3.05, 3.63) is 0 Å². The molecule has 0 aromatic carbocycles. The Hall–Kier alpha value is -1.79. The summed E-state index contributed by atoms with van der Waals surface area (Å²) in [6, 6.07) is 0.518. The first-order valence-electron chi connectivity index (χ1n) is 21.6. The second-order valence-corrected chi connectivity index (χ2v) is 18.9. The Balaban J connectivity index is 1.37. The average molecular weight is 725 g/mol. The monoisotopic (exact) mass is 725 g/mol. The molecular formula is C41H72N8O3. The zero-order valence-electron chi connectivity index (χ0n) is 33.7. The van der Waals surface area contributed by atoms with Crippen LogP contribution in [-0.4, -0.2) is 103 Å². The minimum atomic E-state index is -0.170. The maximum atomic E-state index is 9.80. The molecule has 1 aromatic heterocycles. The number of anilines is 3. The highest BCUT2D eigenvalue weighted by molar-refractivity contribution is 5.48. The van der Waals surface area contributed by atoms with Crippen molar-refractivity contribution in [1.29, 1.82) is 0 Å². The minimum Gasteiger partial charge on any atom is -0.395 e. The van der Waals surface area contributed by atoms with Crippen LogP contribution in [0, 0.1) is 0 Å². The van der Waals surface area contributed by atoms with Crippen LogP contribution >= 0.6 is 0 Å². The van der Waals surface area contributed by atoms with Gasteiger partial charge in [-0.05, 0) is 105 Å². The Labute approximate surface area is 314 Å². The minimum absolute atomic E-state index is 0.0295. The van der Waals surface area contributed by atoms with Gasteiger partial charge in [0.05, 0.1) is 29.9 Å². The number of aliphatic hydroxyl groups is 1. The zero-order chi connectivity index (χ0) is 36.6. The number of rotatable bonds is 13. The standard InChI is InChI=1S/C41H72N8O3/c1-7-9-22-46-31-25-38(3,4)48(51-33-17-13-11-14-18-33)40(27-31)29-41(30-40)28-32(26-39(5,6)49(41)52-34-19-15-12-16-20-34)47(23-10-8-2)37-44-35(42-21-24-50)43-36(46)45-37/h31-34,50H,7-30H2,1-6H3,(H,42,43,44,45). The fraction of sp³-hybridized carbons (Fsp3) is 0.927. The first-order chi connectivity index (χ1) is 25.0. The molecule has 7 aliphatic rings. The molecule has 2 N–H and O–H groups in total. The largest absolute Gasteiger partial charge is 0.395 e. The lowest BCUT2D eigenvalue weighted by molar-refractivity contribution is -0.394. The van der Waals surface area contributed by atoms with Crippen molar-refractivity contribution in [3.8, 4) is 0 Å². The number of nitrogens with zero attached hydrogens (tertiary/aromatic N) is 7. The summed E-state index contributed by atoms with van der Waals surface area (Å²) in [5.74, 6) is 2.13. The van der Waals surface area contributed by atoms with E-state index in [1.807, 2.05) is 0 Å². The summed E-state index contributed by atoms with van der Waals surface area (Å²) in [5, 5.41) is 18.3. The van der Waals surface area contributed by atoms with Gasteiger partial charge < -0.3 is 20.2 Å². The SMILES string of the molecule is CCCCN1c2nc(NCCO)nc(n2)N(CCCC)C2CC(C)(C)N(OC3CCCCC3)C3(C2)CC2(CC1CC(C)(C)N2OC1CCCCC1)C3. The molecule has 11 heteroatoms. The fourth-order valence-corrected chi connectivity index (χ4v) is 11.5. The summed E-state index contributed by atoms with van der Waals surface area (Å²) in [4.78, 5) is 35.4. The Morgan fingerprint density at radius 1 is 0.654 bits per heavy atom. The molecule has 3 aliphatic carbocycles. The predicted molar refractivity (Wildman–Crippen MR) is 208 cm³/mol. The van der Waals surface area contributed by atoms with E-state index in [1.54, 1.807) is 0 Å². The molecule has 3 saturated carbocycles. The van der Waals surface area contributed by atoms with Crippen molar-refractivity contribution in [2.24, 2.45) is 0 Å². The van der Waals surface area contributed by atoms with Crippen LogP contribution in [-0.2, 0) is 9.68 Å². The van der Waals surface area contributed by atoms with Crippen molar-refractivity contribution in [1.82, 2.24) is 25.1 Å². The van der Waals surface area contributed by atoms with Crippen LogP contribution in [0.2, 0.25) is 0 Å². The first kappa shape index (κ1) is 38.5. The Bertz CT molecular complexity index is 1230. The second-order valence-electron chi connectivity index (χ2n) is 18.9. The molecule has 2 spiro atoms. The van der Waals surface area contributed by atoms with E-state index >= 15 is 0 Å². The van der Waals surface area contributed by atoms with E-state index in [2.05, 4.69) is 66.8 Å². The number of nitrogens with one attached hydrogen (secondary N) is 1. The van der Waals surface area contributed by atoms with E-state index in [-0.39, 0.29) is 40.8 Å². The van der Waals surface area contributed by atoms with Crippen molar-refractivity contribution >= 4 is 17.8 Å². The van der Waals surface area contributed by atoms with E-state index < -0.39 is 0 Å². The predicted octanol–water partition coefficient (Wildman–Crippen LogP) is 7.79. The van der Waals surface area contributed by atoms with Gasteiger partial charge >= 0.3 is 0 Å². The van der Waals surface area contributed by atoms with Gasteiger partial charge in [-0.2, -0.15) is 25.1 Å². The maximum Gasteiger partial charge on any atom is 0.232 e. The molecule has 6 bridgehead atoms. The quantitative estimate of drug-likeness (QED) is 0.209. The number of piperidine rings is 2. The maximum absolute atomic E-state index is 9.80. The van der Waals surface area contributed by atoms with E-state index in [9.17, 15) is 5.11 Å². The van der Waals surface area contributed by atoms with Crippen LogP contribution in [0.4, 0.5) is 17.8 Å². The van der Waals surface area contributed by atoms with Crippen molar-refractivity contribution in [2.45, 2.75) is 216 Å². The number of unbranched alkanes of at least 4 members (excludes halogenated alkanes) is 2. The molecule has 8 rings (SSSR count). The van der Waals surface area contributed by atoms with Gasteiger partial charge in [0, 0.05) is 42.8 Å². The van der Waals surface area contributed by atoms with Crippen LogP contribution in [0.3, 0.4) is 0 Å². The normalized spacial score (nSPS) is 32.5. The number of hydrogen-bond acceptors (Lipinski definition) is 11. The molecule has 2 atom stereocenters. The lowest BCUT2D eigenvalue weighted by atomic mass is 9.53. The van der Waals surface area contributed by atoms with Crippen LogP contribution in [0.1, 0.15) is 170 Å². The molecular weight excluding hydrogens is 653 g/mol. The van der Waals surface area contributed by atoms with Crippen molar-refractivity contribution < 1.29 is 14.8 Å². The van der Waals surface area contributed by atoms with Gasteiger partial charge in [-0.1, -0.05) is 65.2 Å². The zero-order valence-corrected chi connectivity index (χ0v) is 33.7.